The molecule has 0 aliphatic heterocycles. The highest BCUT2D eigenvalue weighted by molar-refractivity contribution is 6.31. The lowest BCUT2D eigenvalue weighted by Gasteiger charge is -2.22. The number of nitrogens with one attached hydrogen (secondary N) is 2. The average Bonchev–Trinajstić information content (AvgIpc) is 2.72. The zero-order valence-corrected chi connectivity index (χ0v) is 17.6. The fourth-order valence-corrected chi connectivity index (χ4v) is 3.59. The van der Waals surface area contributed by atoms with E-state index in [9.17, 15) is 9.59 Å². The molecule has 1 fully saturated rings. The first-order valence-corrected chi connectivity index (χ1v) is 10.4. The second kappa shape index (κ2) is 9.79. The summed E-state index contributed by atoms with van der Waals surface area (Å²) in [5.74, 6) is 0.199. The van der Waals surface area contributed by atoms with Crippen LogP contribution < -0.4 is 15.4 Å². The molecule has 0 aromatic heterocycles. The summed E-state index contributed by atoms with van der Waals surface area (Å²) in [4.78, 5) is 24.8. The van der Waals surface area contributed by atoms with Crippen molar-refractivity contribution in [2.45, 2.75) is 58.1 Å². The number of aryl methyl sites for hydroxylation is 1. The molecule has 0 heterocycles. The molecule has 3 rings (SSSR count). The highest BCUT2D eigenvalue weighted by atomic mass is 35.5. The lowest BCUT2D eigenvalue weighted by atomic mass is 9.95. The largest absolute Gasteiger partial charge is 0.481 e. The van der Waals surface area contributed by atoms with Gasteiger partial charge in [-0.25, -0.2) is 0 Å². The van der Waals surface area contributed by atoms with Crippen molar-refractivity contribution in [2.75, 3.05) is 5.32 Å². The SMILES string of the molecule is Cc1ccc(Cl)cc1NC(=O)[C@H](C)Oc1ccc(C(=O)NC2CCCCC2)cc1. The summed E-state index contributed by atoms with van der Waals surface area (Å²) in [6, 6.07) is 12.5. The van der Waals surface area contributed by atoms with Crippen LogP contribution in [0.5, 0.6) is 5.75 Å². The Labute approximate surface area is 176 Å². The lowest BCUT2D eigenvalue weighted by Crippen LogP contribution is -2.36. The summed E-state index contributed by atoms with van der Waals surface area (Å²) in [5, 5.41) is 6.49. The molecule has 2 N–H and O–H groups in total. The van der Waals surface area contributed by atoms with Gasteiger partial charge in [-0.3, -0.25) is 9.59 Å². The van der Waals surface area contributed by atoms with Crippen molar-refractivity contribution in [3.8, 4) is 5.75 Å². The van der Waals surface area contributed by atoms with E-state index < -0.39 is 6.10 Å². The second-order valence-corrected chi connectivity index (χ2v) is 7.98. The van der Waals surface area contributed by atoms with Gasteiger partial charge in [-0.15, -0.1) is 0 Å². The molecule has 0 spiro atoms. The van der Waals surface area contributed by atoms with Crippen LogP contribution in [0.4, 0.5) is 5.69 Å². The molecule has 0 bridgehead atoms. The summed E-state index contributed by atoms with van der Waals surface area (Å²) in [6.07, 6.45) is 4.99. The van der Waals surface area contributed by atoms with Gasteiger partial charge >= 0.3 is 0 Å². The van der Waals surface area contributed by atoms with Crippen LogP contribution in [-0.2, 0) is 4.79 Å². The number of rotatable bonds is 6. The molecule has 1 saturated carbocycles. The monoisotopic (exact) mass is 414 g/mol. The van der Waals surface area contributed by atoms with Crippen molar-refractivity contribution in [1.29, 1.82) is 0 Å². The van der Waals surface area contributed by atoms with Crippen LogP contribution >= 0.6 is 11.6 Å². The minimum Gasteiger partial charge on any atom is -0.481 e. The molecule has 0 radical (unpaired) electrons. The normalized spacial score (nSPS) is 15.4. The van der Waals surface area contributed by atoms with E-state index in [-0.39, 0.29) is 17.9 Å². The van der Waals surface area contributed by atoms with Gasteiger partial charge in [0.05, 0.1) is 0 Å². The first kappa shape index (κ1) is 21.2. The molecule has 5 nitrogen and oxygen atoms in total. The van der Waals surface area contributed by atoms with Crippen molar-refractivity contribution < 1.29 is 14.3 Å². The third-order valence-corrected chi connectivity index (χ3v) is 5.43. The van der Waals surface area contributed by atoms with E-state index in [2.05, 4.69) is 10.6 Å². The smallest absolute Gasteiger partial charge is 0.265 e. The number of hydrogen-bond acceptors (Lipinski definition) is 3. The third-order valence-electron chi connectivity index (χ3n) is 5.20. The van der Waals surface area contributed by atoms with E-state index in [1.807, 2.05) is 13.0 Å². The van der Waals surface area contributed by atoms with Crippen LogP contribution in [-0.4, -0.2) is 24.0 Å². The van der Waals surface area contributed by atoms with Crippen molar-refractivity contribution in [3.05, 3.63) is 58.6 Å². The van der Waals surface area contributed by atoms with Crippen molar-refractivity contribution >= 4 is 29.1 Å². The number of halogens is 1. The highest BCUT2D eigenvalue weighted by Crippen LogP contribution is 2.22. The molecule has 154 valence electrons. The van der Waals surface area contributed by atoms with E-state index in [0.29, 0.717) is 22.0 Å². The predicted octanol–water partition coefficient (Wildman–Crippen LogP) is 5.12. The fraction of sp³-hybridized carbons (Fsp3) is 0.391. The second-order valence-electron chi connectivity index (χ2n) is 7.54. The number of carbonyl (C=O) groups excluding carboxylic acids is 2. The molecule has 1 atom stereocenters. The Kier molecular flexibility index (Phi) is 7.15. The first-order valence-electron chi connectivity index (χ1n) is 10.1. The highest BCUT2D eigenvalue weighted by Gasteiger charge is 2.18. The molecule has 0 unspecified atom stereocenters. The van der Waals surface area contributed by atoms with Gasteiger partial charge in [0.25, 0.3) is 11.8 Å². The number of anilines is 1. The number of amides is 2. The zero-order chi connectivity index (χ0) is 20.8. The third kappa shape index (κ3) is 5.97. The van der Waals surface area contributed by atoms with Gasteiger partial charge in [0, 0.05) is 22.3 Å². The minimum atomic E-state index is -0.699. The molecule has 2 aromatic rings. The van der Waals surface area contributed by atoms with Gasteiger partial charge in [0.1, 0.15) is 5.75 Å². The van der Waals surface area contributed by atoms with Gasteiger partial charge < -0.3 is 15.4 Å². The number of hydrogen-bond donors (Lipinski definition) is 2. The fourth-order valence-electron chi connectivity index (χ4n) is 3.42. The number of ether oxygens (including phenoxy) is 1. The Morgan fingerprint density at radius 2 is 1.76 bits per heavy atom. The molecular formula is C23H27ClN2O3. The Bertz CT molecular complexity index is 861. The standard InChI is InChI=1S/C23H27ClN2O3/c1-15-8-11-18(24)14-21(15)26-22(27)16(2)29-20-12-9-17(10-13-20)23(28)25-19-6-4-3-5-7-19/h8-14,16,19H,3-7H2,1-2H3,(H,25,28)(H,26,27)/t16-/m0/s1. The Morgan fingerprint density at radius 1 is 1.07 bits per heavy atom. The van der Waals surface area contributed by atoms with E-state index in [4.69, 9.17) is 16.3 Å². The molecule has 0 saturated heterocycles. The summed E-state index contributed by atoms with van der Waals surface area (Å²) in [6.45, 7) is 3.58. The number of benzene rings is 2. The van der Waals surface area contributed by atoms with Gasteiger partial charge in [0.15, 0.2) is 6.10 Å². The molecule has 29 heavy (non-hydrogen) atoms. The van der Waals surface area contributed by atoms with E-state index >= 15 is 0 Å². The molecule has 1 aliphatic rings. The van der Waals surface area contributed by atoms with E-state index in [0.717, 1.165) is 18.4 Å². The summed E-state index contributed by atoms with van der Waals surface area (Å²) >= 11 is 6.00. The van der Waals surface area contributed by atoms with Crippen LogP contribution in [0.25, 0.3) is 0 Å². The average molecular weight is 415 g/mol. The quantitative estimate of drug-likeness (QED) is 0.689. The van der Waals surface area contributed by atoms with Gasteiger partial charge in [-0.1, -0.05) is 36.9 Å². The minimum absolute atomic E-state index is 0.0642. The Morgan fingerprint density at radius 3 is 2.45 bits per heavy atom. The van der Waals surface area contributed by atoms with Crippen LogP contribution in [0.1, 0.15) is 54.9 Å². The maximum absolute atomic E-state index is 12.4. The number of carbonyl (C=O) groups is 2. The molecule has 2 aromatic carbocycles. The zero-order valence-electron chi connectivity index (χ0n) is 16.8. The Hall–Kier alpha value is -2.53. The van der Waals surface area contributed by atoms with Crippen molar-refractivity contribution in [3.63, 3.8) is 0 Å². The summed E-state index contributed by atoms with van der Waals surface area (Å²) in [5.41, 5.74) is 2.17. The first-order chi connectivity index (χ1) is 13.9. The predicted molar refractivity (Wildman–Crippen MR) is 116 cm³/mol. The van der Waals surface area contributed by atoms with Crippen molar-refractivity contribution in [2.24, 2.45) is 0 Å². The van der Waals surface area contributed by atoms with Gasteiger partial charge in [-0.2, -0.15) is 0 Å². The topological polar surface area (TPSA) is 67.4 Å². The van der Waals surface area contributed by atoms with Crippen molar-refractivity contribution in [1.82, 2.24) is 5.32 Å². The van der Waals surface area contributed by atoms with Crippen LogP contribution in [0.2, 0.25) is 5.02 Å². The molecular weight excluding hydrogens is 388 g/mol. The van der Waals surface area contributed by atoms with E-state index in [1.165, 1.54) is 19.3 Å². The lowest BCUT2D eigenvalue weighted by molar-refractivity contribution is -0.122. The summed E-state index contributed by atoms with van der Waals surface area (Å²) < 4.78 is 5.73. The van der Waals surface area contributed by atoms with Crippen LogP contribution in [0.15, 0.2) is 42.5 Å². The summed E-state index contributed by atoms with van der Waals surface area (Å²) in [7, 11) is 0. The molecule has 2 amide bonds. The maximum atomic E-state index is 12.4. The molecule has 6 heteroatoms. The van der Waals surface area contributed by atoms with Gasteiger partial charge in [-0.05, 0) is 68.7 Å². The van der Waals surface area contributed by atoms with Crippen LogP contribution in [0, 0.1) is 6.92 Å². The molecule has 1 aliphatic carbocycles. The van der Waals surface area contributed by atoms with Crippen LogP contribution in [0.3, 0.4) is 0 Å². The van der Waals surface area contributed by atoms with Gasteiger partial charge in [0.2, 0.25) is 0 Å². The Balaban J connectivity index is 1.54. The van der Waals surface area contributed by atoms with E-state index in [1.54, 1.807) is 43.3 Å². The maximum Gasteiger partial charge on any atom is 0.265 e.